The highest BCUT2D eigenvalue weighted by Gasteiger charge is 2.27. The first kappa shape index (κ1) is 35.7. The molecule has 1 unspecified atom stereocenters. The molecule has 250 valence electrons. The zero-order valence-electron chi connectivity index (χ0n) is 26.2. The maximum atomic E-state index is 13.3. The Morgan fingerprint density at radius 1 is 0.804 bits per heavy atom. The second-order valence-corrected chi connectivity index (χ2v) is 14.3. The van der Waals surface area contributed by atoms with Gasteiger partial charge in [-0.15, -0.1) is 0 Å². The number of sulfonamides is 1. The molecule has 11 nitrogen and oxygen atoms in total. The van der Waals surface area contributed by atoms with E-state index in [1.807, 2.05) is 50.2 Å². The van der Waals surface area contributed by atoms with Crippen LogP contribution in [-0.4, -0.2) is 57.7 Å². The van der Waals surface area contributed by atoms with Crippen molar-refractivity contribution in [1.82, 2.24) is 4.72 Å². The van der Waals surface area contributed by atoms with Crippen molar-refractivity contribution in [3.63, 3.8) is 0 Å². The van der Waals surface area contributed by atoms with E-state index in [2.05, 4.69) is 4.72 Å². The molecule has 2 atom stereocenters. The normalized spacial score (nSPS) is 14.1. The summed E-state index contributed by atoms with van der Waals surface area (Å²) in [4.78, 5) is 34.6. The topological polar surface area (TPSA) is 155 Å². The lowest BCUT2D eigenvalue weighted by Gasteiger charge is -2.20. The van der Waals surface area contributed by atoms with Gasteiger partial charge in [0.05, 0.1) is 18.1 Å². The van der Waals surface area contributed by atoms with Gasteiger partial charge in [-0.2, -0.15) is 0 Å². The SMILES string of the molecule is CCCCCC(=O)OC[C@H](COP(=O)(O)OCCNS(=O)(=O)c1ccc2ccc3cccc4ccc1c2c34)OC(=O)CCCCC. The van der Waals surface area contributed by atoms with Crippen molar-refractivity contribution < 1.29 is 46.0 Å². The molecule has 0 radical (unpaired) electrons. The van der Waals surface area contributed by atoms with Gasteiger partial charge in [0.25, 0.3) is 0 Å². The van der Waals surface area contributed by atoms with Crippen LogP contribution >= 0.6 is 7.82 Å². The van der Waals surface area contributed by atoms with Crippen molar-refractivity contribution in [2.45, 2.75) is 76.2 Å². The summed E-state index contributed by atoms with van der Waals surface area (Å²) in [5.41, 5.74) is 0. The van der Waals surface area contributed by atoms with Crippen molar-refractivity contribution in [1.29, 1.82) is 0 Å². The lowest BCUT2D eigenvalue weighted by molar-refractivity contribution is -0.161. The standard InChI is InChI=1S/C33H42NO10PS/c1-3-5-7-12-30(35)41-22-27(44-31(36)13-8-6-4-2)23-43-45(37,38)42-21-20-34-46(39,40)29-19-17-26-15-14-24-10-9-11-25-16-18-28(29)33(26)32(24)25/h9-11,14-19,27,34H,3-8,12-13,20-23H2,1-2H3,(H,37,38)/t27-/m1/s1. The highest BCUT2D eigenvalue weighted by atomic mass is 32.2. The van der Waals surface area contributed by atoms with Crippen LogP contribution in [0.15, 0.2) is 59.5 Å². The Morgan fingerprint density at radius 3 is 2.09 bits per heavy atom. The average molecular weight is 676 g/mol. The van der Waals surface area contributed by atoms with Gasteiger partial charge in [0.15, 0.2) is 6.10 Å². The molecule has 0 amide bonds. The summed E-state index contributed by atoms with van der Waals surface area (Å²) in [6.45, 7) is 2.30. The summed E-state index contributed by atoms with van der Waals surface area (Å²) in [7, 11) is -8.71. The second-order valence-electron chi connectivity index (χ2n) is 11.1. The minimum atomic E-state index is -4.68. The van der Waals surface area contributed by atoms with Gasteiger partial charge in [0.2, 0.25) is 10.0 Å². The van der Waals surface area contributed by atoms with Crippen LogP contribution in [0.4, 0.5) is 0 Å². The Kier molecular flexibility index (Phi) is 12.9. The molecule has 13 heteroatoms. The minimum Gasteiger partial charge on any atom is -0.462 e. The van der Waals surface area contributed by atoms with Crippen LogP contribution in [0.25, 0.3) is 32.3 Å². The number of rotatable bonds is 20. The fourth-order valence-electron chi connectivity index (χ4n) is 5.23. The largest absolute Gasteiger partial charge is 0.472 e. The van der Waals surface area contributed by atoms with Gasteiger partial charge in [0, 0.05) is 24.8 Å². The van der Waals surface area contributed by atoms with E-state index in [0.29, 0.717) is 18.2 Å². The highest BCUT2D eigenvalue weighted by molar-refractivity contribution is 7.89. The van der Waals surface area contributed by atoms with Crippen LogP contribution in [0.2, 0.25) is 0 Å². The minimum absolute atomic E-state index is 0.0783. The van der Waals surface area contributed by atoms with Gasteiger partial charge in [0.1, 0.15) is 6.61 Å². The highest BCUT2D eigenvalue weighted by Crippen LogP contribution is 2.43. The van der Waals surface area contributed by atoms with E-state index in [-0.39, 0.29) is 30.9 Å². The predicted molar refractivity (Wildman–Crippen MR) is 176 cm³/mol. The molecule has 0 fully saturated rings. The number of ether oxygens (including phenoxy) is 2. The van der Waals surface area contributed by atoms with Gasteiger partial charge in [-0.05, 0) is 45.8 Å². The molecule has 0 aromatic heterocycles. The van der Waals surface area contributed by atoms with Gasteiger partial charge in [-0.25, -0.2) is 17.7 Å². The van der Waals surface area contributed by atoms with E-state index in [1.165, 1.54) is 6.07 Å². The summed E-state index contributed by atoms with van der Waals surface area (Å²) >= 11 is 0. The maximum Gasteiger partial charge on any atom is 0.472 e. The second kappa shape index (κ2) is 16.6. The third-order valence-electron chi connectivity index (χ3n) is 7.55. The Balaban J connectivity index is 1.33. The summed E-state index contributed by atoms with van der Waals surface area (Å²) in [5, 5.41) is 5.30. The first-order valence-corrected chi connectivity index (χ1v) is 18.7. The number of phosphoric acid groups is 1. The van der Waals surface area contributed by atoms with Crippen LogP contribution in [0.1, 0.15) is 65.2 Å². The van der Waals surface area contributed by atoms with E-state index < -0.39 is 49.1 Å². The van der Waals surface area contributed by atoms with Crippen molar-refractivity contribution in [3.05, 3.63) is 54.6 Å². The molecule has 0 saturated carbocycles. The van der Waals surface area contributed by atoms with Crippen molar-refractivity contribution in [2.75, 3.05) is 26.4 Å². The van der Waals surface area contributed by atoms with Crippen molar-refractivity contribution >= 4 is 62.1 Å². The lowest BCUT2D eigenvalue weighted by Crippen LogP contribution is -2.30. The zero-order valence-corrected chi connectivity index (χ0v) is 27.9. The smallest absolute Gasteiger partial charge is 0.462 e. The van der Waals surface area contributed by atoms with E-state index in [4.69, 9.17) is 18.5 Å². The average Bonchev–Trinajstić information content (AvgIpc) is 3.03. The number of nitrogens with one attached hydrogen (secondary N) is 1. The van der Waals surface area contributed by atoms with Gasteiger partial charge in [-0.3, -0.25) is 18.6 Å². The third kappa shape index (κ3) is 9.70. The summed E-state index contributed by atoms with van der Waals surface area (Å²) in [6.07, 6.45) is 4.06. The molecular weight excluding hydrogens is 633 g/mol. The number of phosphoric ester groups is 1. The first-order chi connectivity index (χ1) is 22.0. The molecule has 4 rings (SSSR count). The molecule has 0 bridgehead atoms. The van der Waals surface area contributed by atoms with Crippen molar-refractivity contribution in [3.8, 4) is 0 Å². The number of carbonyl (C=O) groups is 2. The summed E-state index contributed by atoms with van der Waals surface area (Å²) in [5.74, 6) is -1.01. The Morgan fingerprint density at radius 2 is 1.41 bits per heavy atom. The lowest BCUT2D eigenvalue weighted by atomic mass is 9.94. The molecule has 0 aliphatic carbocycles. The zero-order chi connectivity index (χ0) is 33.2. The fraction of sp³-hybridized carbons (Fsp3) is 0.455. The number of carbonyl (C=O) groups excluding carboxylic acids is 2. The Bertz CT molecular complexity index is 1760. The molecule has 0 spiro atoms. The molecule has 0 aliphatic heterocycles. The molecule has 4 aromatic carbocycles. The molecule has 4 aromatic rings. The van der Waals surface area contributed by atoms with Crippen LogP contribution in [-0.2, 0) is 42.7 Å². The molecule has 46 heavy (non-hydrogen) atoms. The summed E-state index contributed by atoms with van der Waals surface area (Å²) < 4.78 is 62.2. The third-order valence-corrected chi connectivity index (χ3v) is 10.1. The molecular formula is C33H42NO10PS. The maximum absolute atomic E-state index is 13.3. The molecule has 0 aliphatic rings. The quantitative estimate of drug-likeness (QED) is 0.0453. The molecule has 0 heterocycles. The monoisotopic (exact) mass is 675 g/mol. The number of hydrogen-bond acceptors (Lipinski definition) is 9. The fourth-order valence-corrected chi connectivity index (χ4v) is 7.20. The summed E-state index contributed by atoms with van der Waals surface area (Å²) in [6, 6.07) is 16.8. The number of esters is 2. The van der Waals surface area contributed by atoms with Gasteiger partial charge < -0.3 is 14.4 Å². The van der Waals surface area contributed by atoms with Gasteiger partial charge >= 0.3 is 19.8 Å². The number of hydrogen-bond donors (Lipinski definition) is 2. The first-order valence-electron chi connectivity index (χ1n) is 15.7. The van der Waals surface area contributed by atoms with Crippen LogP contribution in [0.5, 0.6) is 0 Å². The van der Waals surface area contributed by atoms with Gasteiger partial charge in [-0.1, -0.05) is 88.1 Å². The van der Waals surface area contributed by atoms with E-state index >= 15 is 0 Å². The van der Waals surface area contributed by atoms with Crippen LogP contribution in [0.3, 0.4) is 0 Å². The molecule has 2 N–H and O–H groups in total. The van der Waals surface area contributed by atoms with E-state index in [1.54, 1.807) is 12.1 Å². The Hall–Kier alpha value is -3.12. The number of unbranched alkanes of at least 4 members (excludes halogenated alkanes) is 4. The van der Waals surface area contributed by atoms with Crippen LogP contribution in [0, 0.1) is 0 Å². The predicted octanol–water partition coefficient (Wildman–Crippen LogP) is 6.61. The number of benzene rings is 4. The Labute approximate surface area is 269 Å². The van der Waals surface area contributed by atoms with Crippen molar-refractivity contribution in [2.24, 2.45) is 0 Å². The molecule has 0 saturated heterocycles. The van der Waals surface area contributed by atoms with E-state index in [0.717, 1.165) is 52.6 Å². The van der Waals surface area contributed by atoms with Crippen LogP contribution < -0.4 is 4.72 Å². The van der Waals surface area contributed by atoms with E-state index in [9.17, 15) is 27.5 Å².